The molecule has 1 aliphatic carbocycles. The Bertz CT molecular complexity index is 379. The molecule has 0 amide bonds. The molecule has 0 aromatic carbocycles. The highest BCUT2D eigenvalue weighted by Gasteiger charge is 2.25. The normalized spacial score (nSPS) is 15.3. The van der Waals surface area contributed by atoms with Crippen molar-refractivity contribution in [2.24, 2.45) is 0 Å². The van der Waals surface area contributed by atoms with Crippen molar-refractivity contribution in [3.63, 3.8) is 0 Å². The van der Waals surface area contributed by atoms with Crippen molar-refractivity contribution in [3.05, 3.63) is 17.8 Å². The summed E-state index contributed by atoms with van der Waals surface area (Å²) in [6.45, 7) is 3.51. The molecule has 1 aliphatic rings. The van der Waals surface area contributed by atoms with E-state index in [2.05, 4.69) is 27.2 Å². The van der Waals surface area contributed by atoms with Crippen LogP contribution in [0.1, 0.15) is 25.5 Å². The van der Waals surface area contributed by atoms with Gasteiger partial charge in [-0.2, -0.15) is 0 Å². The summed E-state index contributed by atoms with van der Waals surface area (Å²) in [5.41, 5.74) is 0.470. The van der Waals surface area contributed by atoms with Crippen LogP contribution in [0, 0.1) is 5.82 Å². The molecule has 94 valence electrons. The Labute approximate surface area is 101 Å². The summed E-state index contributed by atoms with van der Waals surface area (Å²) in [4.78, 5) is 10.1. The van der Waals surface area contributed by atoms with Gasteiger partial charge in [0, 0.05) is 19.1 Å². The van der Waals surface area contributed by atoms with E-state index in [4.69, 9.17) is 0 Å². The molecular weight excluding hydrogens is 219 g/mol. The number of nitrogens with one attached hydrogen (secondary N) is 1. The predicted molar refractivity (Wildman–Crippen MR) is 65.5 cm³/mol. The summed E-state index contributed by atoms with van der Waals surface area (Å²) in [6.07, 6.45) is 4.58. The van der Waals surface area contributed by atoms with E-state index in [1.165, 1.54) is 19.2 Å². The van der Waals surface area contributed by atoms with E-state index in [-0.39, 0.29) is 5.82 Å². The second-order valence-corrected chi connectivity index (χ2v) is 4.48. The Morgan fingerprint density at radius 2 is 2.24 bits per heavy atom. The molecule has 5 heteroatoms. The fraction of sp³-hybridized carbons (Fsp3) is 0.667. The third-order valence-corrected chi connectivity index (χ3v) is 3.12. The van der Waals surface area contributed by atoms with Gasteiger partial charge in [0.25, 0.3) is 0 Å². The van der Waals surface area contributed by atoms with Gasteiger partial charge in [0.05, 0.1) is 5.69 Å². The number of rotatable bonds is 6. The number of anilines is 1. The van der Waals surface area contributed by atoms with Crippen molar-refractivity contribution < 1.29 is 4.39 Å². The van der Waals surface area contributed by atoms with E-state index in [0.29, 0.717) is 24.5 Å². The lowest BCUT2D eigenvalue weighted by atomic mass is 10.3. The number of aromatic nitrogens is 2. The molecule has 4 nitrogen and oxygen atoms in total. The second kappa shape index (κ2) is 5.40. The number of halogens is 1. The largest absolute Gasteiger partial charge is 0.366 e. The number of hydrogen-bond donors (Lipinski definition) is 1. The van der Waals surface area contributed by atoms with Gasteiger partial charge in [-0.3, -0.25) is 0 Å². The molecular formula is C12H19FN4. The molecule has 2 rings (SSSR count). The van der Waals surface area contributed by atoms with E-state index in [1.807, 2.05) is 6.92 Å². The first-order chi connectivity index (χ1) is 8.22. The highest BCUT2D eigenvalue weighted by atomic mass is 19.1. The maximum Gasteiger partial charge on any atom is 0.186 e. The zero-order valence-electron chi connectivity index (χ0n) is 10.4. The van der Waals surface area contributed by atoms with Crippen molar-refractivity contribution in [3.8, 4) is 0 Å². The Balaban J connectivity index is 1.85. The minimum absolute atomic E-state index is 0.316. The Hall–Kier alpha value is -1.23. The molecule has 1 heterocycles. The molecule has 1 aromatic heterocycles. The van der Waals surface area contributed by atoms with E-state index >= 15 is 0 Å². The van der Waals surface area contributed by atoms with Crippen LogP contribution >= 0.6 is 0 Å². The molecule has 1 fully saturated rings. The van der Waals surface area contributed by atoms with Crippen molar-refractivity contribution in [1.29, 1.82) is 0 Å². The van der Waals surface area contributed by atoms with Crippen LogP contribution in [-0.4, -0.2) is 41.0 Å². The lowest BCUT2D eigenvalue weighted by Crippen LogP contribution is -2.27. The van der Waals surface area contributed by atoms with Gasteiger partial charge in [0.15, 0.2) is 11.6 Å². The van der Waals surface area contributed by atoms with Crippen LogP contribution in [0.5, 0.6) is 0 Å². The highest BCUT2D eigenvalue weighted by Crippen LogP contribution is 2.24. The van der Waals surface area contributed by atoms with Crippen LogP contribution in [-0.2, 0) is 6.42 Å². The lowest BCUT2D eigenvalue weighted by molar-refractivity contribution is 0.337. The number of likely N-dealkylation sites (N-methyl/N-ethyl adjacent to an activating group) is 1. The van der Waals surface area contributed by atoms with E-state index < -0.39 is 0 Å². The van der Waals surface area contributed by atoms with Crippen LogP contribution in [0.4, 0.5) is 10.2 Å². The Morgan fingerprint density at radius 3 is 2.88 bits per heavy atom. The molecule has 1 N–H and O–H groups in total. The fourth-order valence-electron chi connectivity index (χ4n) is 1.82. The summed E-state index contributed by atoms with van der Waals surface area (Å²) in [5, 5.41) is 3.03. The summed E-state index contributed by atoms with van der Waals surface area (Å²) in [5.74, 6) is 0.00474. The zero-order valence-corrected chi connectivity index (χ0v) is 10.4. The van der Waals surface area contributed by atoms with Gasteiger partial charge in [-0.15, -0.1) is 0 Å². The molecule has 0 saturated heterocycles. The van der Waals surface area contributed by atoms with Gasteiger partial charge < -0.3 is 10.2 Å². The summed E-state index contributed by atoms with van der Waals surface area (Å²) in [6, 6.07) is 0.734. The maximum atomic E-state index is 13.8. The van der Waals surface area contributed by atoms with Crippen LogP contribution in [0.3, 0.4) is 0 Å². The number of hydrogen-bond acceptors (Lipinski definition) is 4. The maximum absolute atomic E-state index is 13.8. The topological polar surface area (TPSA) is 41.1 Å². The minimum Gasteiger partial charge on any atom is -0.366 e. The molecule has 0 unspecified atom stereocenters. The first-order valence-corrected chi connectivity index (χ1v) is 6.15. The average molecular weight is 238 g/mol. The van der Waals surface area contributed by atoms with Crippen LogP contribution in [0.2, 0.25) is 0 Å². The minimum atomic E-state index is -0.316. The van der Waals surface area contributed by atoms with Gasteiger partial charge in [-0.25, -0.2) is 14.4 Å². The number of aryl methyl sites for hydroxylation is 1. The van der Waals surface area contributed by atoms with Crippen LogP contribution < -0.4 is 5.32 Å². The van der Waals surface area contributed by atoms with E-state index in [9.17, 15) is 4.39 Å². The molecule has 0 spiro atoms. The molecule has 17 heavy (non-hydrogen) atoms. The van der Waals surface area contributed by atoms with Gasteiger partial charge in [-0.1, -0.05) is 6.92 Å². The summed E-state index contributed by atoms with van der Waals surface area (Å²) >= 11 is 0. The Kier molecular flexibility index (Phi) is 3.89. The van der Waals surface area contributed by atoms with Crippen LogP contribution in [0.25, 0.3) is 0 Å². The average Bonchev–Trinajstić information content (AvgIpc) is 3.15. The van der Waals surface area contributed by atoms with Crippen molar-refractivity contribution in [1.82, 2.24) is 14.9 Å². The monoisotopic (exact) mass is 238 g/mol. The van der Waals surface area contributed by atoms with Gasteiger partial charge >= 0.3 is 0 Å². The van der Waals surface area contributed by atoms with Crippen molar-refractivity contribution >= 4 is 5.82 Å². The van der Waals surface area contributed by atoms with Crippen molar-refractivity contribution in [2.75, 3.05) is 25.5 Å². The molecule has 0 atom stereocenters. The number of nitrogens with zero attached hydrogens (tertiary/aromatic N) is 3. The highest BCUT2D eigenvalue weighted by molar-refractivity contribution is 5.37. The van der Waals surface area contributed by atoms with E-state index in [0.717, 1.165) is 12.6 Å². The van der Waals surface area contributed by atoms with E-state index in [1.54, 1.807) is 0 Å². The third kappa shape index (κ3) is 3.12. The smallest absolute Gasteiger partial charge is 0.186 e. The molecule has 0 aliphatic heterocycles. The zero-order chi connectivity index (χ0) is 12.3. The fourth-order valence-corrected chi connectivity index (χ4v) is 1.82. The first kappa shape index (κ1) is 12.2. The molecule has 0 radical (unpaired) electrons. The molecule has 1 aromatic rings. The molecule has 0 bridgehead atoms. The SMILES string of the molecule is CCc1ncnc(NCCN(C)C2CC2)c1F. The third-order valence-electron chi connectivity index (χ3n) is 3.12. The summed E-state index contributed by atoms with van der Waals surface area (Å²) in [7, 11) is 2.10. The second-order valence-electron chi connectivity index (χ2n) is 4.48. The lowest BCUT2D eigenvalue weighted by Gasteiger charge is -2.16. The summed E-state index contributed by atoms with van der Waals surface area (Å²) < 4.78 is 13.8. The molecule has 1 saturated carbocycles. The van der Waals surface area contributed by atoms with Gasteiger partial charge in [0.1, 0.15) is 6.33 Å². The first-order valence-electron chi connectivity index (χ1n) is 6.15. The standard InChI is InChI=1S/C12H19FN4/c1-3-10-11(13)12(16-8-15-10)14-6-7-17(2)9-4-5-9/h8-9H,3-7H2,1-2H3,(H,14,15,16). The predicted octanol–water partition coefficient (Wildman–Crippen LogP) is 1.68. The Morgan fingerprint density at radius 1 is 1.47 bits per heavy atom. The van der Waals surface area contributed by atoms with Crippen molar-refractivity contribution in [2.45, 2.75) is 32.2 Å². The van der Waals surface area contributed by atoms with Crippen LogP contribution in [0.15, 0.2) is 6.33 Å². The quantitative estimate of drug-likeness (QED) is 0.818. The van der Waals surface area contributed by atoms with Gasteiger partial charge in [0.2, 0.25) is 0 Å². The van der Waals surface area contributed by atoms with Gasteiger partial charge in [-0.05, 0) is 26.3 Å².